The van der Waals surface area contributed by atoms with Crippen LogP contribution < -0.4 is 5.73 Å². The van der Waals surface area contributed by atoms with Crippen molar-refractivity contribution < 1.29 is 28.7 Å². The van der Waals surface area contributed by atoms with Crippen molar-refractivity contribution in [2.45, 2.75) is 24.9 Å². The molecule has 11 nitrogen and oxygen atoms in total. The minimum atomic E-state index is -4.69. The topological polar surface area (TPSA) is 166 Å². The number of imidazole rings is 1. The number of aromatic nitrogens is 4. The van der Waals surface area contributed by atoms with Crippen molar-refractivity contribution in [2.75, 3.05) is 12.3 Å². The average Bonchev–Trinajstić information content (AvgIpc) is 3.01. The molecule has 0 aliphatic carbocycles. The molecule has 3 rings (SSSR count). The van der Waals surface area contributed by atoms with Gasteiger partial charge in [-0.05, 0) is 0 Å². The van der Waals surface area contributed by atoms with E-state index in [0.29, 0.717) is 11.2 Å². The lowest BCUT2D eigenvalue weighted by Crippen LogP contribution is -2.26. The number of phosphoric ester groups is 1. The van der Waals surface area contributed by atoms with E-state index in [9.17, 15) is 9.67 Å². The molecule has 1 aliphatic rings. The van der Waals surface area contributed by atoms with Crippen LogP contribution in [-0.4, -0.2) is 53.2 Å². The van der Waals surface area contributed by atoms with Crippen molar-refractivity contribution >= 4 is 24.8 Å². The van der Waals surface area contributed by atoms with Gasteiger partial charge in [0.2, 0.25) is 0 Å². The van der Waals surface area contributed by atoms with Gasteiger partial charge in [0.15, 0.2) is 11.5 Å². The molecule has 0 unspecified atom stereocenters. The molecule has 0 bridgehead atoms. The number of hydrogen-bond acceptors (Lipinski definition) is 8. The van der Waals surface area contributed by atoms with E-state index < -0.39 is 32.9 Å². The van der Waals surface area contributed by atoms with E-state index in [2.05, 4.69) is 19.5 Å². The smallest absolute Gasteiger partial charge is 0.394 e. The molecular weight excluding hydrogens is 317 g/mol. The maximum absolute atomic E-state index is 11.0. The number of aliphatic hydroxyl groups is 1. The van der Waals surface area contributed by atoms with Crippen LogP contribution in [-0.2, 0) is 13.8 Å². The Balaban J connectivity index is 1.89. The molecule has 1 saturated heterocycles. The highest BCUT2D eigenvalue weighted by Crippen LogP contribution is 2.43. The van der Waals surface area contributed by atoms with Crippen LogP contribution in [0.4, 0.5) is 5.82 Å². The largest absolute Gasteiger partial charge is 0.469 e. The van der Waals surface area contributed by atoms with Crippen LogP contribution in [0.5, 0.6) is 0 Å². The summed E-state index contributed by atoms with van der Waals surface area (Å²) in [6.45, 7) is -0.440. The number of fused-ring (bicyclic) bond motifs is 1. The molecule has 12 heteroatoms. The fourth-order valence-electron chi connectivity index (χ4n) is 2.40. The Morgan fingerprint density at radius 3 is 2.91 bits per heavy atom. The Morgan fingerprint density at radius 1 is 1.45 bits per heavy atom. The maximum Gasteiger partial charge on any atom is 0.469 e. The van der Waals surface area contributed by atoms with E-state index in [0.717, 1.165) is 0 Å². The number of phosphoric acid groups is 1. The average molecular weight is 331 g/mol. The number of nitrogen functional groups attached to an aromatic ring is 1. The van der Waals surface area contributed by atoms with Crippen molar-refractivity contribution in [1.29, 1.82) is 0 Å². The second-order valence-corrected chi connectivity index (χ2v) is 5.96. The van der Waals surface area contributed by atoms with Gasteiger partial charge in [-0.2, -0.15) is 0 Å². The third-order valence-electron chi connectivity index (χ3n) is 3.33. The minimum absolute atomic E-state index is 0.117. The standard InChI is InChI=1S/C10H14N5O6P/c11-9-8-10(13-3-12-9)15(4-14-8)7-1-5(6(2-16)20-7)21-22(17,18)19/h3-7,16H,1-2H2,(H2,11,12,13)(H2,17,18,19)/t5-,6+,7+/m1/s1. The summed E-state index contributed by atoms with van der Waals surface area (Å²) >= 11 is 0. The van der Waals surface area contributed by atoms with E-state index in [-0.39, 0.29) is 12.2 Å². The molecule has 2 aromatic heterocycles. The van der Waals surface area contributed by atoms with E-state index in [4.69, 9.17) is 20.3 Å². The van der Waals surface area contributed by atoms with Gasteiger partial charge >= 0.3 is 7.82 Å². The van der Waals surface area contributed by atoms with E-state index in [1.165, 1.54) is 12.7 Å². The maximum atomic E-state index is 11.0. The first-order valence-corrected chi connectivity index (χ1v) is 7.85. The molecule has 0 spiro atoms. The molecule has 1 aliphatic heterocycles. The minimum Gasteiger partial charge on any atom is -0.394 e. The zero-order valence-electron chi connectivity index (χ0n) is 11.2. The SMILES string of the molecule is Nc1ncnc2c1ncn2[C@@H]1C[C@@H](OP(=O)(O)O)[C@H](CO)O1. The Bertz CT molecular complexity index is 732. The molecule has 5 N–H and O–H groups in total. The van der Waals surface area contributed by atoms with Gasteiger partial charge in [-0.1, -0.05) is 0 Å². The van der Waals surface area contributed by atoms with Gasteiger partial charge in [-0.15, -0.1) is 0 Å². The first-order chi connectivity index (χ1) is 10.4. The summed E-state index contributed by atoms with van der Waals surface area (Å²) in [6, 6.07) is 0. The van der Waals surface area contributed by atoms with Crippen LogP contribution in [0.25, 0.3) is 11.2 Å². The van der Waals surface area contributed by atoms with Gasteiger partial charge < -0.3 is 25.4 Å². The van der Waals surface area contributed by atoms with Crippen molar-refractivity contribution in [3.8, 4) is 0 Å². The summed E-state index contributed by atoms with van der Waals surface area (Å²) in [7, 11) is -4.69. The summed E-state index contributed by atoms with van der Waals surface area (Å²) in [4.78, 5) is 29.8. The lowest BCUT2D eigenvalue weighted by atomic mass is 10.2. The Morgan fingerprint density at radius 2 is 2.23 bits per heavy atom. The zero-order valence-corrected chi connectivity index (χ0v) is 12.1. The molecule has 0 amide bonds. The van der Waals surface area contributed by atoms with Crippen molar-refractivity contribution in [1.82, 2.24) is 19.5 Å². The van der Waals surface area contributed by atoms with Gasteiger partial charge in [0, 0.05) is 6.42 Å². The lowest BCUT2D eigenvalue weighted by molar-refractivity contribution is -0.0425. The normalized spacial score (nSPS) is 25.9. The highest BCUT2D eigenvalue weighted by atomic mass is 31.2. The fraction of sp³-hybridized carbons (Fsp3) is 0.500. The number of anilines is 1. The van der Waals surface area contributed by atoms with Crippen molar-refractivity contribution in [3.05, 3.63) is 12.7 Å². The summed E-state index contributed by atoms with van der Waals surface area (Å²) in [6.07, 6.45) is 0.368. The number of ether oxygens (including phenoxy) is 1. The second kappa shape index (κ2) is 5.54. The third kappa shape index (κ3) is 2.82. The van der Waals surface area contributed by atoms with Gasteiger partial charge in [-0.3, -0.25) is 9.09 Å². The molecule has 3 atom stereocenters. The quantitative estimate of drug-likeness (QED) is 0.519. The highest BCUT2D eigenvalue weighted by Gasteiger charge is 2.40. The molecule has 2 aromatic rings. The van der Waals surface area contributed by atoms with E-state index in [1.807, 2.05) is 0 Å². The highest BCUT2D eigenvalue weighted by molar-refractivity contribution is 7.46. The van der Waals surface area contributed by atoms with Crippen molar-refractivity contribution in [2.24, 2.45) is 0 Å². The fourth-order valence-corrected chi connectivity index (χ4v) is 2.98. The van der Waals surface area contributed by atoms with Crippen molar-refractivity contribution in [3.63, 3.8) is 0 Å². The summed E-state index contributed by atoms with van der Waals surface area (Å²) < 4.78 is 22.8. The Kier molecular flexibility index (Phi) is 3.85. The van der Waals surface area contributed by atoms with Crippen LogP contribution in [0.15, 0.2) is 12.7 Å². The predicted octanol–water partition coefficient (Wildman–Crippen LogP) is -0.834. The number of aliphatic hydroxyl groups excluding tert-OH is 1. The molecule has 3 heterocycles. The lowest BCUT2D eigenvalue weighted by Gasteiger charge is -2.16. The van der Waals surface area contributed by atoms with E-state index >= 15 is 0 Å². The molecule has 0 aromatic carbocycles. The molecule has 1 fully saturated rings. The van der Waals surface area contributed by atoms with Crippen LogP contribution in [0.1, 0.15) is 12.6 Å². The van der Waals surface area contributed by atoms with Gasteiger partial charge in [0.05, 0.1) is 12.9 Å². The van der Waals surface area contributed by atoms with E-state index in [1.54, 1.807) is 4.57 Å². The summed E-state index contributed by atoms with van der Waals surface area (Å²) in [5.41, 5.74) is 6.51. The van der Waals surface area contributed by atoms with Gasteiger partial charge in [-0.25, -0.2) is 19.5 Å². The van der Waals surface area contributed by atoms with Crippen LogP contribution >= 0.6 is 7.82 Å². The molecule has 22 heavy (non-hydrogen) atoms. The van der Waals surface area contributed by atoms with Crippen LogP contribution in [0.2, 0.25) is 0 Å². The number of nitrogens with zero attached hydrogens (tertiary/aromatic N) is 4. The number of hydrogen-bond donors (Lipinski definition) is 4. The zero-order chi connectivity index (χ0) is 15.9. The summed E-state index contributed by atoms with van der Waals surface area (Å²) in [5, 5.41) is 9.28. The number of rotatable bonds is 4. The third-order valence-corrected chi connectivity index (χ3v) is 3.88. The van der Waals surface area contributed by atoms with Gasteiger partial charge in [0.25, 0.3) is 0 Å². The number of nitrogens with two attached hydrogens (primary N) is 1. The Labute approximate surface area is 124 Å². The monoisotopic (exact) mass is 331 g/mol. The molecule has 0 radical (unpaired) electrons. The Hall–Kier alpha value is -1.62. The predicted molar refractivity (Wildman–Crippen MR) is 72.3 cm³/mol. The van der Waals surface area contributed by atoms with Gasteiger partial charge in [0.1, 0.15) is 30.3 Å². The molecular formula is C10H14N5O6P. The molecule has 120 valence electrons. The second-order valence-electron chi connectivity index (χ2n) is 4.76. The van der Waals surface area contributed by atoms with Crippen LogP contribution in [0, 0.1) is 0 Å². The summed E-state index contributed by atoms with van der Waals surface area (Å²) in [5.74, 6) is 0.212. The first-order valence-electron chi connectivity index (χ1n) is 6.32. The molecule has 0 saturated carbocycles. The first kappa shape index (κ1) is 15.3. The van der Waals surface area contributed by atoms with Crippen LogP contribution in [0.3, 0.4) is 0 Å².